The SMILES string of the molecule is CCNC(=NCc1ccc(NC(=O)OC)cc1)Nc1ccc(OC)c(OCC)c1. The molecule has 0 aliphatic heterocycles. The van der Waals surface area contributed by atoms with Gasteiger partial charge in [0.2, 0.25) is 0 Å². The summed E-state index contributed by atoms with van der Waals surface area (Å²) >= 11 is 0. The Balaban J connectivity index is 2.08. The molecule has 156 valence electrons. The number of rotatable bonds is 8. The summed E-state index contributed by atoms with van der Waals surface area (Å²) in [5.74, 6) is 2.00. The molecule has 0 aliphatic rings. The molecular weight excluding hydrogens is 372 g/mol. The van der Waals surface area contributed by atoms with Crippen LogP contribution in [0.25, 0.3) is 0 Å². The zero-order chi connectivity index (χ0) is 21.1. The lowest BCUT2D eigenvalue weighted by Gasteiger charge is -2.14. The van der Waals surface area contributed by atoms with Gasteiger partial charge in [0.25, 0.3) is 0 Å². The van der Waals surface area contributed by atoms with Gasteiger partial charge in [-0.15, -0.1) is 0 Å². The van der Waals surface area contributed by atoms with Gasteiger partial charge < -0.3 is 24.8 Å². The monoisotopic (exact) mass is 400 g/mol. The fourth-order valence-corrected chi connectivity index (χ4v) is 2.50. The van der Waals surface area contributed by atoms with E-state index in [2.05, 4.69) is 25.7 Å². The average Bonchev–Trinajstić information content (AvgIpc) is 2.73. The maximum atomic E-state index is 11.2. The molecule has 0 heterocycles. The van der Waals surface area contributed by atoms with E-state index in [-0.39, 0.29) is 0 Å². The first-order valence-corrected chi connectivity index (χ1v) is 9.39. The van der Waals surface area contributed by atoms with Gasteiger partial charge in [0.05, 0.1) is 27.4 Å². The number of benzene rings is 2. The minimum absolute atomic E-state index is 0.475. The molecule has 0 unspecified atom stereocenters. The average molecular weight is 400 g/mol. The Hall–Kier alpha value is -3.42. The largest absolute Gasteiger partial charge is 0.493 e. The molecule has 0 bridgehead atoms. The topological polar surface area (TPSA) is 93.2 Å². The van der Waals surface area contributed by atoms with Gasteiger partial charge in [0.15, 0.2) is 17.5 Å². The fraction of sp³-hybridized carbons (Fsp3) is 0.333. The van der Waals surface area contributed by atoms with Crippen LogP contribution < -0.4 is 25.4 Å². The van der Waals surface area contributed by atoms with Crippen LogP contribution >= 0.6 is 0 Å². The van der Waals surface area contributed by atoms with Crippen molar-refractivity contribution in [3.05, 3.63) is 48.0 Å². The number of nitrogens with one attached hydrogen (secondary N) is 3. The lowest BCUT2D eigenvalue weighted by molar-refractivity contribution is 0.187. The maximum absolute atomic E-state index is 11.2. The number of hydrogen-bond acceptors (Lipinski definition) is 5. The molecule has 0 aliphatic carbocycles. The van der Waals surface area contributed by atoms with Crippen LogP contribution in [0.2, 0.25) is 0 Å². The van der Waals surface area contributed by atoms with E-state index >= 15 is 0 Å². The molecule has 2 rings (SSSR count). The Kier molecular flexibility index (Phi) is 8.62. The van der Waals surface area contributed by atoms with Crippen molar-refractivity contribution in [3.8, 4) is 11.5 Å². The molecule has 29 heavy (non-hydrogen) atoms. The highest BCUT2D eigenvalue weighted by Crippen LogP contribution is 2.30. The first kappa shape index (κ1) is 21.9. The highest BCUT2D eigenvalue weighted by molar-refractivity contribution is 5.94. The van der Waals surface area contributed by atoms with Crippen molar-refractivity contribution in [2.24, 2.45) is 4.99 Å². The Bertz CT molecular complexity index is 822. The van der Waals surface area contributed by atoms with Gasteiger partial charge in [0.1, 0.15) is 0 Å². The van der Waals surface area contributed by atoms with E-state index < -0.39 is 6.09 Å². The predicted octanol–water partition coefficient (Wildman–Crippen LogP) is 3.85. The summed E-state index contributed by atoms with van der Waals surface area (Å²) in [4.78, 5) is 15.9. The number of nitrogens with zero attached hydrogens (tertiary/aromatic N) is 1. The van der Waals surface area contributed by atoms with E-state index in [0.29, 0.717) is 36.3 Å². The summed E-state index contributed by atoms with van der Waals surface area (Å²) in [7, 11) is 2.94. The van der Waals surface area contributed by atoms with Crippen LogP contribution in [0.15, 0.2) is 47.5 Å². The molecular formula is C21H28N4O4. The van der Waals surface area contributed by atoms with Crippen LogP contribution in [-0.2, 0) is 11.3 Å². The van der Waals surface area contributed by atoms with Gasteiger partial charge in [-0.3, -0.25) is 5.32 Å². The number of methoxy groups -OCH3 is 2. The highest BCUT2D eigenvalue weighted by atomic mass is 16.5. The van der Waals surface area contributed by atoms with Crippen molar-refractivity contribution in [3.63, 3.8) is 0 Å². The van der Waals surface area contributed by atoms with Gasteiger partial charge in [-0.1, -0.05) is 12.1 Å². The number of aliphatic imine (C=N–C) groups is 1. The van der Waals surface area contributed by atoms with Gasteiger partial charge in [0, 0.05) is 24.0 Å². The fourth-order valence-electron chi connectivity index (χ4n) is 2.50. The van der Waals surface area contributed by atoms with Crippen molar-refractivity contribution in [2.75, 3.05) is 38.0 Å². The molecule has 3 N–H and O–H groups in total. The molecule has 0 fully saturated rings. The molecule has 0 radical (unpaired) electrons. The lowest BCUT2D eigenvalue weighted by atomic mass is 10.2. The van der Waals surface area contributed by atoms with Crippen molar-refractivity contribution in [1.29, 1.82) is 0 Å². The Morgan fingerprint density at radius 1 is 0.966 bits per heavy atom. The van der Waals surface area contributed by atoms with Crippen LogP contribution in [0.1, 0.15) is 19.4 Å². The third-order valence-electron chi connectivity index (χ3n) is 3.88. The van der Waals surface area contributed by atoms with E-state index in [1.165, 1.54) is 7.11 Å². The second kappa shape index (κ2) is 11.4. The van der Waals surface area contributed by atoms with Crippen molar-refractivity contribution >= 4 is 23.4 Å². The lowest BCUT2D eigenvalue weighted by Crippen LogP contribution is -2.30. The molecule has 0 aromatic heterocycles. The van der Waals surface area contributed by atoms with Crippen molar-refractivity contribution in [2.45, 2.75) is 20.4 Å². The van der Waals surface area contributed by atoms with Gasteiger partial charge >= 0.3 is 6.09 Å². The summed E-state index contributed by atoms with van der Waals surface area (Å²) in [6.45, 7) is 5.68. The van der Waals surface area contributed by atoms with Crippen LogP contribution in [-0.4, -0.2) is 39.4 Å². The summed E-state index contributed by atoms with van der Waals surface area (Å²) in [5.41, 5.74) is 2.50. The van der Waals surface area contributed by atoms with Crippen molar-refractivity contribution < 1.29 is 19.0 Å². The van der Waals surface area contributed by atoms with E-state index in [9.17, 15) is 4.79 Å². The molecule has 8 heteroatoms. The summed E-state index contributed by atoms with van der Waals surface area (Å²) in [5, 5.41) is 9.11. The summed E-state index contributed by atoms with van der Waals surface area (Å²) in [6, 6.07) is 13.0. The van der Waals surface area contributed by atoms with E-state index in [1.54, 1.807) is 19.2 Å². The van der Waals surface area contributed by atoms with Crippen molar-refractivity contribution in [1.82, 2.24) is 5.32 Å². The number of ether oxygens (including phenoxy) is 3. The van der Waals surface area contributed by atoms with Crippen LogP contribution in [0.3, 0.4) is 0 Å². The Labute approximate surface area is 171 Å². The third kappa shape index (κ3) is 6.91. The smallest absolute Gasteiger partial charge is 0.411 e. The number of hydrogen-bond donors (Lipinski definition) is 3. The van der Waals surface area contributed by atoms with Crippen LogP contribution in [0.4, 0.5) is 16.2 Å². The maximum Gasteiger partial charge on any atom is 0.411 e. The molecule has 0 saturated heterocycles. The zero-order valence-electron chi connectivity index (χ0n) is 17.2. The number of carbonyl (C=O) groups excluding carboxylic acids is 1. The van der Waals surface area contributed by atoms with E-state index in [4.69, 9.17) is 9.47 Å². The van der Waals surface area contributed by atoms with E-state index in [0.717, 1.165) is 17.8 Å². The van der Waals surface area contributed by atoms with Gasteiger partial charge in [-0.25, -0.2) is 9.79 Å². The van der Waals surface area contributed by atoms with Gasteiger partial charge in [-0.05, 0) is 43.7 Å². The molecule has 8 nitrogen and oxygen atoms in total. The second-order valence-corrected chi connectivity index (χ2v) is 5.93. The number of carbonyl (C=O) groups is 1. The molecule has 2 aromatic carbocycles. The predicted molar refractivity (Wildman–Crippen MR) is 115 cm³/mol. The Morgan fingerprint density at radius 2 is 1.69 bits per heavy atom. The van der Waals surface area contributed by atoms with Crippen LogP contribution in [0, 0.1) is 0 Å². The number of amides is 1. The molecule has 0 spiro atoms. The minimum Gasteiger partial charge on any atom is -0.493 e. The minimum atomic E-state index is -0.500. The summed E-state index contributed by atoms with van der Waals surface area (Å²) < 4.78 is 15.5. The summed E-state index contributed by atoms with van der Waals surface area (Å²) in [6.07, 6.45) is -0.500. The molecule has 0 saturated carbocycles. The first-order chi connectivity index (χ1) is 14.1. The Morgan fingerprint density at radius 3 is 2.31 bits per heavy atom. The third-order valence-corrected chi connectivity index (χ3v) is 3.88. The number of guanidine groups is 1. The quantitative estimate of drug-likeness (QED) is 0.460. The zero-order valence-corrected chi connectivity index (χ0v) is 17.2. The van der Waals surface area contributed by atoms with Gasteiger partial charge in [-0.2, -0.15) is 0 Å². The first-order valence-electron chi connectivity index (χ1n) is 9.39. The standard InChI is InChI=1S/C21H28N4O4/c1-5-22-20(24-17-11-12-18(27-3)19(13-17)29-6-2)23-14-15-7-9-16(10-8-15)25-21(26)28-4/h7-13H,5-6,14H2,1-4H3,(H,25,26)(H2,22,23,24). The molecule has 0 atom stereocenters. The number of anilines is 2. The highest BCUT2D eigenvalue weighted by Gasteiger charge is 2.07. The normalized spacial score (nSPS) is 10.8. The van der Waals surface area contributed by atoms with E-state index in [1.807, 2.05) is 44.2 Å². The van der Waals surface area contributed by atoms with Crippen LogP contribution in [0.5, 0.6) is 11.5 Å². The molecule has 1 amide bonds. The second-order valence-electron chi connectivity index (χ2n) is 5.93. The molecule has 2 aromatic rings.